The Morgan fingerprint density at radius 3 is 2.85 bits per heavy atom. The highest BCUT2D eigenvalue weighted by atomic mass is 32.2. The van der Waals surface area contributed by atoms with Crippen molar-refractivity contribution in [2.75, 3.05) is 13.1 Å². The lowest BCUT2D eigenvalue weighted by Crippen LogP contribution is -2.33. The van der Waals surface area contributed by atoms with Crippen LogP contribution in [0, 0.1) is 0 Å². The van der Waals surface area contributed by atoms with Crippen LogP contribution in [0.5, 0.6) is 0 Å². The summed E-state index contributed by atoms with van der Waals surface area (Å²) >= 11 is 0. The van der Waals surface area contributed by atoms with Crippen molar-refractivity contribution in [3.63, 3.8) is 0 Å². The number of nitrogens with one attached hydrogen (secondary N) is 1. The van der Waals surface area contributed by atoms with Crippen molar-refractivity contribution < 1.29 is 8.42 Å². The topological polar surface area (TPSA) is 67.2 Å². The highest BCUT2D eigenvalue weighted by Crippen LogP contribution is 2.25. The Morgan fingerprint density at radius 2 is 2.20 bits per heavy atom. The molecule has 0 aromatic carbocycles. The summed E-state index contributed by atoms with van der Waals surface area (Å²) < 4.78 is 28.3. The van der Waals surface area contributed by atoms with E-state index in [1.165, 1.54) is 19.0 Å². The van der Waals surface area contributed by atoms with Crippen molar-refractivity contribution in [1.29, 1.82) is 0 Å². The van der Waals surface area contributed by atoms with Gasteiger partial charge >= 0.3 is 0 Å². The van der Waals surface area contributed by atoms with Gasteiger partial charge in [0.15, 0.2) is 0 Å². The van der Waals surface area contributed by atoms with Crippen LogP contribution in [0.3, 0.4) is 0 Å². The van der Waals surface area contributed by atoms with Gasteiger partial charge in [-0.25, -0.2) is 8.42 Å². The van der Waals surface area contributed by atoms with Crippen molar-refractivity contribution in [2.45, 2.75) is 56.1 Å². The van der Waals surface area contributed by atoms with E-state index in [1.807, 2.05) is 6.92 Å². The van der Waals surface area contributed by atoms with Gasteiger partial charge in [0.1, 0.15) is 4.90 Å². The molecule has 3 rings (SSSR count). The molecule has 6 nitrogen and oxygen atoms in total. The van der Waals surface area contributed by atoms with Crippen molar-refractivity contribution in [3.8, 4) is 0 Å². The van der Waals surface area contributed by atoms with Crippen LogP contribution in [0.4, 0.5) is 0 Å². The molecule has 0 radical (unpaired) electrons. The highest BCUT2D eigenvalue weighted by Gasteiger charge is 2.33. The summed E-state index contributed by atoms with van der Waals surface area (Å²) in [7, 11) is -3.37. The SMILES string of the molecule is CC1CCCN1S(=O)(=O)c1cnn(CCNC2CC2)c1. The van der Waals surface area contributed by atoms with Crippen molar-refractivity contribution in [3.05, 3.63) is 12.4 Å². The molecular weight excluding hydrogens is 276 g/mol. The van der Waals surface area contributed by atoms with E-state index in [-0.39, 0.29) is 6.04 Å². The zero-order chi connectivity index (χ0) is 14.2. The number of aromatic nitrogens is 2. The molecule has 1 aromatic heterocycles. The maximum absolute atomic E-state index is 12.5. The van der Waals surface area contributed by atoms with Gasteiger partial charge < -0.3 is 5.32 Å². The Hall–Kier alpha value is -0.920. The second kappa shape index (κ2) is 5.46. The Morgan fingerprint density at radius 1 is 1.40 bits per heavy atom. The summed E-state index contributed by atoms with van der Waals surface area (Å²) in [6.45, 7) is 4.14. The van der Waals surface area contributed by atoms with Crippen LogP contribution in [0.1, 0.15) is 32.6 Å². The molecule has 1 aromatic rings. The van der Waals surface area contributed by atoms with Crippen LogP contribution in [0.2, 0.25) is 0 Å². The van der Waals surface area contributed by atoms with Crippen molar-refractivity contribution in [2.24, 2.45) is 0 Å². The molecule has 1 aliphatic carbocycles. The number of nitrogens with zero attached hydrogens (tertiary/aromatic N) is 3. The number of rotatable bonds is 6. The van der Waals surface area contributed by atoms with E-state index in [0.29, 0.717) is 24.0 Å². The zero-order valence-electron chi connectivity index (χ0n) is 11.8. The predicted octanol–water partition coefficient (Wildman–Crippen LogP) is 0.808. The van der Waals surface area contributed by atoms with Gasteiger partial charge in [-0.2, -0.15) is 9.40 Å². The summed E-state index contributed by atoms with van der Waals surface area (Å²) in [6, 6.07) is 0.763. The molecular formula is C13H22N4O2S. The Kier molecular flexibility index (Phi) is 3.83. The molecule has 20 heavy (non-hydrogen) atoms. The highest BCUT2D eigenvalue weighted by molar-refractivity contribution is 7.89. The van der Waals surface area contributed by atoms with Crippen LogP contribution in [-0.2, 0) is 16.6 Å². The second-order valence-corrected chi connectivity index (χ2v) is 7.67. The summed E-state index contributed by atoms with van der Waals surface area (Å²) in [5, 5.41) is 7.56. The molecule has 1 atom stereocenters. The average Bonchev–Trinajstić information content (AvgIpc) is 2.91. The first-order chi connectivity index (χ1) is 9.57. The first-order valence-electron chi connectivity index (χ1n) is 7.35. The molecule has 1 N–H and O–H groups in total. The fourth-order valence-electron chi connectivity index (χ4n) is 2.67. The van der Waals surface area contributed by atoms with Crippen LogP contribution in [0.15, 0.2) is 17.3 Å². The lowest BCUT2D eigenvalue weighted by molar-refractivity contribution is 0.408. The molecule has 112 valence electrons. The zero-order valence-corrected chi connectivity index (χ0v) is 12.6. The summed E-state index contributed by atoms with van der Waals surface area (Å²) in [6.07, 6.45) is 7.52. The van der Waals surface area contributed by atoms with Crippen LogP contribution >= 0.6 is 0 Å². The van der Waals surface area contributed by atoms with Crippen LogP contribution in [0.25, 0.3) is 0 Å². The summed E-state index contributed by atoms with van der Waals surface area (Å²) in [5.41, 5.74) is 0. The van der Waals surface area contributed by atoms with E-state index >= 15 is 0 Å². The maximum Gasteiger partial charge on any atom is 0.246 e. The summed E-state index contributed by atoms with van der Waals surface area (Å²) in [4.78, 5) is 0.317. The molecule has 1 unspecified atom stereocenters. The third-order valence-corrected chi connectivity index (χ3v) is 6.03. The standard InChI is InChI=1S/C13H22N4O2S/c1-11-3-2-7-17(11)20(18,19)13-9-15-16(10-13)8-6-14-12-4-5-12/h9-12,14H,2-8H2,1H3. The smallest absolute Gasteiger partial charge is 0.246 e. The Balaban J connectivity index is 1.65. The van der Waals surface area contributed by atoms with Crippen molar-refractivity contribution >= 4 is 10.0 Å². The molecule has 2 aliphatic rings. The third kappa shape index (κ3) is 2.89. The molecule has 1 aliphatic heterocycles. The largest absolute Gasteiger partial charge is 0.312 e. The van der Waals surface area contributed by atoms with E-state index in [4.69, 9.17) is 0 Å². The van der Waals surface area contributed by atoms with Gasteiger partial charge in [-0.1, -0.05) is 0 Å². The lowest BCUT2D eigenvalue weighted by Gasteiger charge is -2.19. The van der Waals surface area contributed by atoms with Crippen LogP contribution < -0.4 is 5.32 Å². The minimum atomic E-state index is -3.37. The first kappa shape index (κ1) is 14.0. The third-order valence-electron chi connectivity index (χ3n) is 4.06. The number of hydrogen-bond donors (Lipinski definition) is 1. The van der Waals surface area contributed by atoms with Gasteiger partial charge in [0.25, 0.3) is 0 Å². The van der Waals surface area contributed by atoms with Gasteiger partial charge in [-0.05, 0) is 32.6 Å². The van der Waals surface area contributed by atoms with E-state index in [2.05, 4.69) is 10.4 Å². The molecule has 2 heterocycles. The minimum Gasteiger partial charge on any atom is -0.312 e. The van der Waals surface area contributed by atoms with Gasteiger partial charge in [0.2, 0.25) is 10.0 Å². The van der Waals surface area contributed by atoms with Gasteiger partial charge in [-0.3, -0.25) is 4.68 Å². The van der Waals surface area contributed by atoms with Gasteiger partial charge in [0, 0.05) is 31.4 Å². The van der Waals surface area contributed by atoms with Crippen LogP contribution in [-0.4, -0.2) is 47.7 Å². The quantitative estimate of drug-likeness (QED) is 0.844. The Bertz CT molecular complexity index is 565. The molecule has 2 fully saturated rings. The maximum atomic E-state index is 12.5. The molecule has 0 bridgehead atoms. The molecule has 0 spiro atoms. The monoisotopic (exact) mass is 298 g/mol. The van der Waals surface area contributed by atoms with E-state index in [0.717, 1.165) is 19.4 Å². The van der Waals surface area contributed by atoms with Gasteiger partial charge in [0.05, 0.1) is 12.7 Å². The Labute approximate surface area is 120 Å². The molecule has 7 heteroatoms. The lowest BCUT2D eigenvalue weighted by atomic mass is 10.3. The minimum absolute atomic E-state index is 0.0971. The van der Waals surface area contributed by atoms with E-state index < -0.39 is 10.0 Å². The van der Waals surface area contributed by atoms with E-state index in [9.17, 15) is 8.42 Å². The fourth-order valence-corrected chi connectivity index (χ4v) is 4.32. The van der Waals surface area contributed by atoms with Gasteiger partial charge in [-0.15, -0.1) is 0 Å². The fraction of sp³-hybridized carbons (Fsp3) is 0.769. The second-order valence-electron chi connectivity index (χ2n) is 5.77. The average molecular weight is 298 g/mol. The predicted molar refractivity (Wildman–Crippen MR) is 75.8 cm³/mol. The van der Waals surface area contributed by atoms with Crippen molar-refractivity contribution in [1.82, 2.24) is 19.4 Å². The number of hydrogen-bond acceptors (Lipinski definition) is 4. The molecule has 0 amide bonds. The molecule has 1 saturated carbocycles. The number of sulfonamides is 1. The normalized spacial score (nSPS) is 24.4. The summed E-state index contributed by atoms with van der Waals surface area (Å²) in [5.74, 6) is 0. The molecule has 1 saturated heterocycles. The van der Waals surface area contributed by atoms with E-state index in [1.54, 1.807) is 15.2 Å². The first-order valence-corrected chi connectivity index (χ1v) is 8.79.